The molecular weight excluding hydrogens is 489 g/mol. The van der Waals surface area contributed by atoms with E-state index < -0.39 is 0 Å². The van der Waals surface area contributed by atoms with Crippen LogP contribution in [-0.4, -0.2) is 29.8 Å². The molecule has 0 N–H and O–H groups in total. The molecule has 0 unspecified atom stereocenters. The molecule has 0 atom stereocenters. The molecule has 6 aromatic rings. The van der Waals surface area contributed by atoms with E-state index in [-0.39, 0.29) is 6.19 Å². The normalized spacial score (nSPS) is 12.5. The number of anilines is 1. The lowest BCUT2D eigenvalue weighted by molar-refractivity contribution is 0.483. The molecule has 0 saturated heterocycles. The molecule has 0 radical (unpaired) electrons. The number of hydrogen-bond acceptors (Lipinski definition) is 5. The Bertz CT molecular complexity index is 1790. The van der Waals surface area contributed by atoms with Crippen LogP contribution in [0.2, 0.25) is 0 Å². The number of fused-ring (bicyclic) bond motifs is 4. The minimum Gasteiger partial charge on any atom is -0.546 e. The van der Waals surface area contributed by atoms with Gasteiger partial charge in [0.15, 0.2) is 0 Å². The van der Waals surface area contributed by atoms with Crippen molar-refractivity contribution in [2.45, 2.75) is 4.90 Å². The molecule has 7 rings (SSSR count). The quantitative estimate of drug-likeness (QED) is 0.234. The maximum absolute atomic E-state index is 6.41. The Morgan fingerprint density at radius 1 is 0.789 bits per heavy atom. The van der Waals surface area contributed by atoms with Gasteiger partial charge in [0.1, 0.15) is 23.1 Å². The van der Waals surface area contributed by atoms with Crippen LogP contribution < -0.4 is 19.8 Å². The summed E-state index contributed by atoms with van der Waals surface area (Å²) in [6, 6.07) is 35.1. The molecule has 0 fully saturated rings. The van der Waals surface area contributed by atoms with E-state index in [2.05, 4.69) is 70.1 Å². The second-order valence-electron chi connectivity index (χ2n) is 9.49. The maximum Gasteiger partial charge on any atom is 0.467 e. The lowest BCUT2D eigenvalue weighted by Gasteiger charge is -2.14. The van der Waals surface area contributed by atoms with Crippen molar-refractivity contribution in [2.24, 2.45) is 0 Å². The van der Waals surface area contributed by atoms with Crippen LogP contribution in [-0.2, 0) is 0 Å². The zero-order valence-electron chi connectivity index (χ0n) is 21.0. The van der Waals surface area contributed by atoms with E-state index >= 15 is 0 Å². The van der Waals surface area contributed by atoms with Crippen LogP contribution in [0.5, 0.6) is 17.2 Å². The van der Waals surface area contributed by atoms with Gasteiger partial charge in [-0.25, -0.2) is 4.98 Å². The van der Waals surface area contributed by atoms with E-state index in [9.17, 15) is 0 Å². The fraction of sp³-hybridized carbons (Fsp3) is 0.0645. The zero-order chi connectivity index (χ0) is 25.6. The van der Waals surface area contributed by atoms with Crippen molar-refractivity contribution < 1.29 is 9.39 Å². The predicted octanol–water partition coefficient (Wildman–Crippen LogP) is 6.92. The molecule has 0 aliphatic carbocycles. The highest BCUT2D eigenvalue weighted by molar-refractivity contribution is 8.26. The van der Waals surface area contributed by atoms with Gasteiger partial charge in [0.2, 0.25) is 0 Å². The van der Waals surface area contributed by atoms with Crippen LogP contribution in [0.1, 0.15) is 0 Å². The summed E-state index contributed by atoms with van der Waals surface area (Å²) < 4.78 is 14.8. The Morgan fingerprint density at radius 2 is 1.61 bits per heavy atom. The standard InChI is InChI=1S/C31H24BN3O2S/c1-34(2)22-16-17-33-31(19-22)35-27-11-4-3-10-25(27)26-15-14-24(20-28(26)35)36-23-9-7-8-21(18-23)32-37-29-12-5-6-13-30(29)38-32/h3-20H,1-2H3. The van der Waals surface area contributed by atoms with Gasteiger partial charge in [-0.05, 0) is 54.0 Å². The van der Waals surface area contributed by atoms with Crippen LogP contribution in [0.15, 0.2) is 114 Å². The summed E-state index contributed by atoms with van der Waals surface area (Å²) in [5.74, 6) is 3.35. The summed E-state index contributed by atoms with van der Waals surface area (Å²) in [6.45, 7) is 0. The van der Waals surface area contributed by atoms with Crippen molar-refractivity contribution in [3.8, 4) is 23.1 Å². The second kappa shape index (κ2) is 9.19. The van der Waals surface area contributed by atoms with Crippen molar-refractivity contribution in [3.05, 3.63) is 109 Å². The number of pyridine rings is 1. The minimum atomic E-state index is -0.0870. The van der Waals surface area contributed by atoms with E-state index in [1.54, 1.807) is 11.6 Å². The lowest BCUT2D eigenvalue weighted by atomic mass is 9.86. The number of hydrogen-bond donors (Lipinski definition) is 0. The first kappa shape index (κ1) is 22.8. The largest absolute Gasteiger partial charge is 0.546 e. The summed E-state index contributed by atoms with van der Waals surface area (Å²) in [5, 5.41) is 2.34. The molecule has 4 aromatic carbocycles. The van der Waals surface area contributed by atoms with E-state index in [0.717, 1.165) is 55.5 Å². The third-order valence-electron chi connectivity index (χ3n) is 6.80. The number of rotatable bonds is 5. The Hall–Kier alpha value is -4.36. The molecule has 0 bridgehead atoms. The Balaban J connectivity index is 1.27. The molecule has 2 aromatic heterocycles. The van der Waals surface area contributed by atoms with Gasteiger partial charge in [-0.1, -0.05) is 42.5 Å². The molecule has 1 aliphatic rings. The smallest absolute Gasteiger partial charge is 0.467 e. The first-order valence-corrected chi connectivity index (χ1v) is 13.4. The van der Waals surface area contributed by atoms with Crippen molar-refractivity contribution in [2.75, 3.05) is 19.0 Å². The highest BCUT2D eigenvalue weighted by Gasteiger charge is 2.31. The monoisotopic (exact) mass is 513 g/mol. The number of nitrogens with zero attached hydrogens (tertiary/aromatic N) is 3. The second-order valence-corrected chi connectivity index (χ2v) is 10.6. The van der Waals surface area contributed by atoms with Gasteiger partial charge >= 0.3 is 6.19 Å². The average Bonchev–Trinajstić information content (AvgIpc) is 3.52. The molecule has 0 spiro atoms. The molecule has 3 heterocycles. The average molecular weight is 513 g/mol. The highest BCUT2D eigenvalue weighted by atomic mass is 32.2. The third-order valence-corrected chi connectivity index (χ3v) is 7.98. The number of ether oxygens (including phenoxy) is 1. The van der Waals surface area contributed by atoms with Crippen LogP contribution in [0.4, 0.5) is 5.69 Å². The number of aromatic nitrogens is 2. The maximum atomic E-state index is 6.41. The molecule has 5 nitrogen and oxygen atoms in total. The van der Waals surface area contributed by atoms with Crippen LogP contribution in [0.25, 0.3) is 27.6 Å². The van der Waals surface area contributed by atoms with Crippen molar-refractivity contribution in [1.82, 2.24) is 9.55 Å². The van der Waals surface area contributed by atoms with Gasteiger partial charge in [-0.15, -0.1) is 11.6 Å². The predicted molar refractivity (Wildman–Crippen MR) is 158 cm³/mol. The van der Waals surface area contributed by atoms with E-state index in [0.29, 0.717) is 0 Å². The Labute approximate surface area is 225 Å². The fourth-order valence-corrected chi connectivity index (χ4v) is 6.02. The van der Waals surface area contributed by atoms with Crippen molar-refractivity contribution >= 4 is 50.8 Å². The zero-order valence-corrected chi connectivity index (χ0v) is 21.9. The summed E-state index contributed by atoms with van der Waals surface area (Å²) in [7, 11) is 4.08. The van der Waals surface area contributed by atoms with E-state index in [1.165, 1.54) is 5.39 Å². The summed E-state index contributed by atoms with van der Waals surface area (Å²) >= 11 is 1.72. The van der Waals surface area contributed by atoms with Gasteiger partial charge < -0.3 is 14.3 Å². The molecule has 0 amide bonds. The van der Waals surface area contributed by atoms with Gasteiger partial charge in [0.05, 0.1) is 11.0 Å². The minimum absolute atomic E-state index is 0.0870. The van der Waals surface area contributed by atoms with Crippen molar-refractivity contribution in [3.63, 3.8) is 0 Å². The molecule has 184 valence electrons. The number of benzene rings is 4. The van der Waals surface area contributed by atoms with Crippen LogP contribution in [0.3, 0.4) is 0 Å². The topological polar surface area (TPSA) is 39.5 Å². The summed E-state index contributed by atoms with van der Waals surface area (Å²) in [5.41, 5.74) is 4.33. The summed E-state index contributed by atoms with van der Waals surface area (Å²) in [6.07, 6.45) is 1.77. The van der Waals surface area contributed by atoms with Crippen LogP contribution >= 0.6 is 11.6 Å². The first-order valence-electron chi connectivity index (χ1n) is 12.5. The first-order chi connectivity index (χ1) is 18.6. The van der Waals surface area contributed by atoms with Gasteiger partial charge in [-0.2, -0.15) is 0 Å². The lowest BCUT2D eigenvalue weighted by Crippen LogP contribution is -2.30. The van der Waals surface area contributed by atoms with E-state index in [1.807, 2.05) is 62.8 Å². The third kappa shape index (κ3) is 3.96. The molecule has 0 saturated carbocycles. The number of para-hydroxylation sites is 2. The summed E-state index contributed by atoms with van der Waals surface area (Å²) in [4.78, 5) is 7.98. The SMILES string of the molecule is CN(C)c1ccnc(-n2c3ccccc3c3ccc(Oc4cccc(B5Oc6ccccc6S5)c4)cc32)c1. The van der Waals surface area contributed by atoms with Crippen molar-refractivity contribution in [1.29, 1.82) is 0 Å². The highest BCUT2D eigenvalue weighted by Crippen LogP contribution is 2.39. The van der Waals surface area contributed by atoms with Gasteiger partial charge in [0, 0.05) is 53.8 Å². The Kier molecular flexibility index (Phi) is 5.52. The molecule has 7 heteroatoms. The Morgan fingerprint density at radius 3 is 2.50 bits per heavy atom. The fourth-order valence-electron chi connectivity index (χ4n) is 4.97. The van der Waals surface area contributed by atoms with Gasteiger partial charge in [-0.3, -0.25) is 4.57 Å². The molecule has 38 heavy (non-hydrogen) atoms. The molecule has 1 aliphatic heterocycles. The molecular formula is C31H24BN3O2S. The van der Waals surface area contributed by atoms with Gasteiger partial charge in [0.25, 0.3) is 0 Å². The van der Waals surface area contributed by atoms with Crippen LogP contribution in [0, 0.1) is 0 Å². The van der Waals surface area contributed by atoms with E-state index in [4.69, 9.17) is 14.4 Å².